The van der Waals surface area contributed by atoms with Crippen molar-refractivity contribution in [3.63, 3.8) is 0 Å². The lowest BCUT2D eigenvalue weighted by atomic mass is 10.0. The SMILES string of the molecule is C/C=C/CC/C=C/CC/C=C/CCCC(O)C(O)C(COP(=O)([O-])OCC[N+](C)(C)C)NC(=O)CCCCCCCCCCCCCC/C=C\C/C=C\C/C=C\C/C=C\C/C=C\C/C=C\C/C=C\C/C=C\CC. The molecule has 1 amide bonds. The van der Waals surface area contributed by atoms with Crippen LogP contribution in [0, 0.1) is 0 Å². The highest BCUT2D eigenvalue weighted by Crippen LogP contribution is 2.38. The molecule has 0 radical (unpaired) electrons. The Hall–Kier alpha value is -3.40. The second-order valence-corrected chi connectivity index (χ2v) is 21.4. The lowest BCUT2D eigenvalue weighted by Gasteiger charge is -2.31. The van der Waals surface area contributed by atoms with Crippen molar-refractivity contribution in [2.75, 3.05) is 40.9 Å². The number of phosphoric acid groups is 1. The molecule has 0 aliphatic heterocycles. The van der Waals surface area contributed by atoms with Crippen LogP contribution in [0.25, 0.3) is 0 Å². The number of carbonyl (C=O) groups excluding carboxylic acids is 1. The zero-order chi connectivity index (χ0) is 53.6. The highest BCUT2D eigenvalue weighted by molar-refractivity contribution is 7.45. The molecule has 0 spiro atoms. The van der Waals surface area contributed by atoms with Gasteiger partial charge >= 0.3 is 0 Å². The number of nitrogens with one attached hydrogen (secondary N) is 1. The van der Waals surface area contributed by atoms with E-state index < -0.39 is 32.7 Å². The summed E-state index contributed by atoms with van der Waals surface area (Å²) in [6.07, 6.45) is 75.4. The van der Waals surface area contributed by atoms with Crippen molar-refractivity contribution in [3.05, 3.63) is 134 Å². The number of hydrogen-bond donors (Lipinski definition) is 3. The van der Waals surface area contributed by atoms with Crippen molar-refractivity contribution in [2.45, 2.75) is 218 Å². The summed E-state index contributed by atoms with van der Waals surface area (Å²) in [5, 5.41) is 24.7. The van der Waals surface area contributed by atoms with E-state index in [0.29, 0.717) is 30.3 Å². The van der Waals surface area contributed by atoms with Crippen molar-refractivity contribution < 1.29 is 38.0 Å². The zero-order valence-electron chi connectivity index (χ0n) is 46.9. The van der Waals surface area contributed by atoms with Gasteiger partial charge in [0.1, 0.15) is 19.3 Å². The maximum atomic E-state index is 13.0. The lowest BCUT2D eigenvalue weighted by molar-refractivity contribution is -0.870. The van der Waals surface area contributed by atoms with Gasteiger partial charge in [-0.15, -0.1) is 0 Å². The van der Waals surface area contributed by atoms with Gasteiger partial charge < -0.3 is 34.0 Å². The first-order valence-electron chi connectivity index (χ1n) is 28.6. The highest BCUT2D eigenvalue weighted by Gasteiger charge is 2.29. The fraction of sp³-hybridized carbons (Fsp3) is 0.635. The first kappa shape index (κ1) is 69.6. The van der Waals surface area contributed by atoms with Gasteiger partial charge in [0, 0.05) is 6.42 Å². The normalized spacial score (nSPS) is 15.3. The highest BCUT2D eigenvalue weighted by atomic mass is 31.2. The van der Waals surface area contributed by atoms with Crippen LogP contribution >= 0.6 is 7.82 Å². The van der Waals surface area contributed by atoms with E-state index in [0.717, 1.165) is 109 Å². The van der Waals surface area contributed by atoms with Crippen molar-refractivity contribution in [1.29, 1.82) is 0 Å². The zero-order valence-corrected chi connectivity index (χ0v) is 47.8. The summed E-state index contributed by atoms with van der Waals surface area (Å²) < 4.78 is 23.2. The number of unbranched alkanes of at least 4 members (excludes halogenated alkanes) is 15. The molecule has 0 aromatic rings. The summed E-state index contributed by atoms with van der Waals surface area (Å²) in [7, 11) is 1.07. The van der Waals surface area contributed by atoms with Crippen LogP contribution < -0.4 is 10.2 Å². The van der Waals surface area contributed by atoms with Crippen LogP contribution in [-0.4, -0.2) is 79.8 Å². The topological polar surface area (TPSA) is 128 Å². The Labute approximate surface area is 448 Å². The quantitative estimate of drug-likeness (QED) is 0.0240. The van der Waals surface area contributed by atoms with Gasteiger partial charge in [-0.2, -0.15) is 0 Å². The van der Waals surface area contributed by atoms with E-state index in [1.807, 2.05) is 28.1 Å². The number of aliphatic hydroxyl groups is 2. The van der Waals surface area contributed by atoms with Crippen LogP contribution in [-0.2, 0) is 18.4 Å². The van der Waals surface area contributed by atoms with Gasteiger partial charge in [-0.3, -0.25) is 9.36 Å². The third-order valence-electron chi connectivity index (χ3n) is 12.0. The van der Waals surface area contributed by atoms with Gasteiger partial charge in [0.15, 0.2) is 0 Å². The van der Waals surface area contributed by atoms with E-state index in [1.54, 1.807) is 0 Å². The molecule has 4 unspecified atom stereocenters. The van der Waals surface area contributed by atoms with E-state index in [2.05, 4.69) is 146 Å². The van der Waals surface area contributed by atoms with Crippen LogP contribution in [0.3, 0.4) is 0 Å². The number of quaternary nitrogens is 1. The largest absolute Gasteiger partial charge is 0.756 e. The molecule has 0 fully saturated rings. The minimum absolute atomic E-state index is 0.0569. The maximum Gasteiger partial charge on any atom is 0.268 e. The third kappa shape index (κ3) is 53.2. The van der Waals surface area contributed by atoms with Crippen molar-refractivity contribution in [2.24, 2.45) is 0 Å². The van der Waals surface area contributed by atoms with Crippen LogP contribution in [0.5, 0.6) is 0 Å². The van der Waals surface area contributed by atoms with E-state index in [9.17, 15) is 24.5 Å². The Bertz CT molecular complexity index is 1660. The van der Waals surface area contributed by atoms with Gasteiger partial charge in [-0.05, 0) is 122 Å². The molecule has 0 heterocycles. The number of hydrogen-bond acceptors (Lipinski definition) is 7. The van der Waals surface area contributed by atoms with Gasteiger partial charge in [-0.1, -0.05) is 205 Å². The molecule has 0 aliphatic rings. The Morgan fingerprint density at radius 1 is 0.521 bits per heavy atom. The molecule has 0 bridgehead atoms. The van der Waals surface area contributed by atoms with Gasteiger partial charge in [0.25, 0.3) is 7.82 Å². The molecule has 0 saturated heterocycles. The monoisotopic (exact) mass is 1030 g/mol. The molecule has 9 nitrogen and oxygen atoms in total. The van der Waals surface area contributed by atoms with Crippen LogP contribution in [0.1, 0.15) is 200 Å². The number of phosphoric ester groups is 1. The average Bonchev–Trinajstić information content (AvgIpc) is 3.35. The smallest absolute Gasteiger partial charge is 0.268 e. The standard InChI is InChI=1S/C63H107N2O7P/c1-6-8-10-12-14-16-18-20-21-22-23-24-25-26-27-28-29-30-31-32-33-34-35-36-37-38-39-40-41-42-43-44-46-48-50-52-54-56-62(67)64-60(59-72-73(69,70)71-58-57-65(3,4)5)63(68)61(66)55-53-51-49-47-45-19-17-15-13-11-9-7-2/h7-10,14-17,20-21,23-24,26-27,29-30,32-33,35-36,47,49,60-61,63,66,68H,6,11-13,18-19,22,25,28,31,34,37-46,48,50-59H2,1-5H3,(H-,64,67,69,70)/b9-7+,10-8-,16-14-,17-15+,21-20-,24-23-,27-26-,30-29-,33-32-,36-35-,49-47+. The molecule has 4 atom stereocenters. The van der Waals surface area contributed by atoms with Gasteiger partial charge in [0.2, 0.25) is 5.91 Å². The summed E-state index contributed by atoms with van der Waals surface area (Å²) in [5.41, 5.74) is 0. The van der Waals surface area contributed by atoms with E-state index in [4.69, 9.17) is 9.05 Å². The molecular formula is C63H107N2O7P. The Morgan fingerprint density at radius 2 is 0.890 bits per heavy atom. The third-order valence-corrected chi connectivity index (χ3v) is 13.0. The summed E-state index contributed by atoms with van der Waals surface area (Å²) in [5.74, 6) is -0.304. The number of aliphatic hydroxyl groups excluding tert-OH is 2. The van der Waals surface area contributed by atoms with E-state index >= 15 is 0 Å². The molecular weight excluding hydrogens is 928 g/mol. The Kier molecular flexibility index (Phi) is 49.6. The fourth-order valence-corrected chi connectivity index (χ4v) is 8.27. The summed E-state index contributed by atoms with van der Waals surface area (Å²) >= 11 is 0. The minimum atomic E-state index is -4.69. The first-order valence-corrected chi connectivity index (χ1v) is 30.0. The van der Waals surface area contributed by atoms with Crippen molar-refractivity contribution in [1.82, 2.24) is 5.32 Å². The number of amides is 1. The summed E-state index contributed by atoms with van der Waals surface area (Å²) in [4.78, 5) is 25.5. The van der Waals surface area contributed by atoms with Gasteiger partial charge in [0.05, 0.1) is 39.9 Å². The van der Waals surface area contributed by atoms with Crippen LogP contribution in [0.2, 0.25) is 0 Å². The molecule has 0 saturated carbocycles. The molecule has 73 heavy (non-hydrogen) atoms. The summed E-state index contributed by atoms with van der Waals surface area (Å²) in [6, 6.07) is -1.11. The second kappa shape index (κ2) is 52.1. The number of nitrogens with zero attached hydrogens (tertiary/aromatic N) is 1. The number of allylic oxidation sites excluding steroid dienone is 22. The van der Waals surface area contributed by atoms with Crippen LogP contribution in [0.4, 0.5) is 0 Å². The van der Waals surface area contributed by atoms with E-state index in [1.165, 1.54) is 51.4 Å². The Morgan fingerprint density at radius 3 is 1.33 bits per heavy atom. The maximum absolute atomic E-state index is 13.0. The minimum Gasteiger partial charge on any atom is -0.756 e. The summed E-state index contributed by atoms with van der Waals surface area (Å²) in [6.45, 7) is 4.06. The molecule has 0 aromatic heterocycles. The average molecular weight is 1040 g/mol. The predicted octanol–water partition coefficient (Wildman–Crippen LogP) is 15.9. The van der Waals surface area contributed by atoms with Crippen LogP contribution in [0.15, 0.2) is 134 Å². The number of rotatable bonds is 50. The molecule has 416 valence electrons. The number of carbonyl (C=O) groups is 1. The molecule has 0 rings (SSSR count). The molecule has 0 aliphatic carbocycles. The second-order valence-electron chi connectivity index (χ2n) is 20.0. The van der Waals surface area contributed by atoms with Crippen molar-refractivity contribution >= 4 is 13.7 Å². The molecule has 10 heteroatoms. The molecule has 0 aromatic carbocycles. The van der Waals surface area contributed by atoms with E-state index in [-0.39, 0.29) is 18.9 Å². The molecule has 3 N–H and O–H groups in total. The lowest BCUT2D eigenvalue weighted by Crippen LogP contribution is -2.51. The fourth-order valence-electron chi connectivity index (χ4n) is 7.54. The van der Waals surface area contributed by atoms with Gasteiger partial charge in [-0.25, -0.2) is 0 Å². The first-order chi connectivity index (χ1) is 35.4. The Balaban J connectivity index is 4.17. The predicted molar refractivity (Wildman–Crippen MR) is 312 cm³/mol. The van der Waals surface area contributed by atoms with Crippen molar-refractivity contribution in [3.8, 4) is 0 Å². The number of likely N-dealkylation sites (N-methyl/N-ethyl adjacent to an activating group) is 1.